The van der Waals surface area contributed by atoms with E-state index in [-0.39, 0.29) is 24.0 Å². The summed E-state index contributed by atoms with van der Waals surface area (Å²) in [6.07, 6.45) is 1.04. The number of nitrogens with one attached hydrogen (secondary N) is 1. The number of nitrogens with two attached hydrogens (primary N) is 1. The number of rotatable bonds is 7. The van der Waals surface area contributed by atoms with Crippen molar-refractivity contribution in [1.82, 2.24) is 10.2 Å². The van der Waals surface area contributed by atoms with Crippen LogP contribution in [0.1, 0.15) is 12.0 Å². The second-order valence-corrected chi connectivity index (χ2v) is 6.31. The molecule has 0 aliphatic carbocycles. The van der Waals surface area contributed by atoms with Gasteiger partial charge in [-0.1, -0.05) is 15.9 Å². The van der Waals surface area contributed by atoms with Crippen LogP contribution in [-0.4, -0.2) is 57.4 Å². The van der Waals surface area contributed by atoms with Gasteiger partial charge in [0.15, 0.2) is 5.96 Å². The molecule has 0 unspecified atom stereocenters. The molecule has 1 aromatic rings. The van der Waals surface area contributed by atoms with Crippen LogP contribution in [0.15, 0.2) is 27.7 Å². The van der Waals surface area contributed by atoms with Crippen molar-refractivity contribution in [2.75, 3.05) is 46.5 Å². The van der Waals surface area contributed by atoms with Crippen LogP contribution < -0.4 is 15.8 Å². The van der Waals surface area contributed by atoms with E-state index in [0.717, 1.165) is 61.6 Å². The standard InChI is InChI=1S/C16H25BrN4O2.HI/c1-22-15-4-3-14(17)11-13(15)12-20-16(18)19-5-2-6-21-7-9-23-10-8-21;/h3-4,11H,2,5-10,12H2,1H3,(H3,18,19,20);1H. The summed E-state index contributed by atoms with van der Waals surface area (Å²) >= 11 is 3.46. The highest BCUT2D eigenvalue weighted by Crippen LogP contribution is 2.23. The lowest BCUT2D eigenvalue weighted by Gasteiger charge is -2.26. The highest BCUT2D eigenvalue weighted by atomic mass is 127. The molecule has 1 aromatic carbocycles. The summed E-state index contributed by atoms with van der Waals surface area (Å²) in [6.45, 7) is 6.09. The highest BCUT2D eigenvalue weighted by molar-refractivity contribution is 14.0. The van der Waals surface area contributed by atoms with Gasteiger partial charge in [-0.2, -0.15) is 0 Å². The molecule has 0 atom stereocenters. The van der Waals surface area contributed by atoms with Crippen LogP contribution in [0, 0.1) is 0 Å². The number of hydrogen-bond acceptors (Lipinski definition) is 4. The second kappa shape index (κ2) is 11.9. The number of morpholine rings is 1. The number of halogens is 2. The van der Waals surface area contributed by atoms with E-state index in [1.807, 2.05) is 18.2 Å². The van der Waals surface area contributed by atoms with E-state index in [9.17, 15) is 0 Å². The molecule has 3 N–H and O–H groups in total. The van der Waals surface area contributed by atoms with Crippen molar-refractivity contribution in [3.05, 3.63) is 28.2 Å². The number of ether oxygens (including phenoxy) is 2. The number of hydrogen-bond donors (Lipinski definition) is 2. The topological polar surface area (TPSA) is 72.1 Å². The molecule has 0 amide bonds. The number of aliphatic imine (C=N–C) groups is 1. The molecule has 0 aromatic heterocycles. The van der Waals surface area contributed by atoms with Gasteiger partial charge in [0.1, 0.15) is 5.75 Å². The van der Waals surface area contributed by atoms with Gasteiger partial charge in [0.05, 0.1) is 26.9 Å². The van der Waals surface area contributed by atoms with Gasteiger partial charge in [-0.25, -0.2) is 4.99 Å². The average Bonchev–Trinajstić information content (AvgIpc) is 2.58. The normalized spacial score (nSPS) is 15.7. The van der Waals surface area contributed by atoms with Crippen molar-refractivity contribution in [2.45, 2.75) is 13.0 Å². The smallest absolute Gasteiger partial charge is 0.188 e. The minimum Gasteiger partial charge on any atom is -0.496 e. The molecule has 1 aliphatic heterocycles. The summed E-state index contributed by atoms with van der Waals surface area (Å²) in [7, 11) is 1.66. The van der Waals surface area contributed by atoms with Gasteiger partial charge < -0.3 is 20.5 Å². The van der Waals surface area contributed by atoms with Crippen molar-refractivity contribution in [3.63, 3.8) is 0 Å². The minimum atomic E-state index is 0. The highest BCUT2D eigenvalue weighted by Gasteiger charge is 2.09. The van der Waals surface area contributed by atoms with E-state index in [2.05, 4.69) is 31.1 Å². The van der Waals surface area contributed by atoms with E-state index >= 15 is 0 Å². The molecule has 0 bridgehead atoms. The Hall–Kier alpha value is -0.580. The Morgan fingerprint density at radius 3 is 2.88 bits per heavy atom. The number of methoxy groups -OCH3 is 1. The minimum absolute atomic E-state index is 0. The van der Waals surface area contributed by atoms with Crippen LogP contribution >= 0.6 is 39.9 Å². The quantitative estimate of drug-likeness (QED) is 0.253. The summed E-state index contributed by atoms with van der Waals surface area (Å²) in [4.78, 5) is 6.78. The van der Waals surface area contributed by atoms with Gasteiger partial charge in [-0.3, -0.25) is 4.90 Å². The Morgan fingerprint density at radius 2 is 2.17 bits per heavy atom. The molecule has 136 valence electrons. The van der Waals surface area contributed by atoms with Crippen molar-refractivity contribution in [2.24, 2.45) is 10.7 Å². The van der Waals surface area contributed by atoms with Crippen LogP contribution in [0.5, 0.6) is 5.75 Å². The van der Waals surface area contributed by atoms with Crippen molar-refractivity contribution in [3.8, 4) is 5.75 Å². The second-order valence-electron chi connectivity index (χ2n) is 5.39. The maximum absolute atomic E-state index is 5.92. The molecule has 1 fully saturated rings. The number of benzene rings is 1. The van der Waals surface area contributed by atoms with E-state index < -0.39 is 0 Å². The molecule has 1 aliphatic rings. The van der Waals surface area contributed by atoms with Gasteiger partial charge in [0.25, 0.3) is 0 Å². The third kappa shape index (κ3) is 7.54. The molecule has 0 spiro atoms. The predicted molar refractivity (Wildman–Crippen MR) is 111 cm³/mol. The van der Waals surface area contributed by atoms with E-state index in [0.29, 0.717) is 12.5 Å². The first-order valence-electron chi connectivity index (χ1n) is 7.85. The first-order chi connectivity index (χ1) is 11.2. The first kappa shape index (κ1) is 21.5. The lowest BCUT2D eigenvalue weighted by molar-refractivity contribution is 0.0376. The SMILES string of the molecule is COc1ccc(Br)cc1CN=C(N)NCCCN1CCOCC1.I. The summed E-state index contributed by atoms with van der Waals surface area (Å²) in [5, 5.41) is 3.16. The van der Waals surface area contributed by atoms with Crippen molar-refractivity contribution >= 4 is 45.9 Å². The Balaban J connectivity index is 0.00000288. The fraction of sp³-hybridized carbons (Fsp3) is 0.562. The Morgan fingerprint density at radius 1 is 1.42 bits per heavy atom. The Bertz CT molecular complexity index is 525. The third-order valence-electron chi connectivity index (χ3n) is 3.72. The molecule has 0 radical (unpaired) electrons. The fourth-order valence-electron chi connectivity index (χ4n) is 2.44. The third-order valence-corrected chi connectivity index (χ3v) is 4.22. The van der Waals surface area contributed by atoms with E-state index in [1.165, 1.54) is 0 Å². The molecule has 6 nitrogen and oxygen atoms in total. The van der Waals surface area contributed by atoms with Crippen molar-refractivity contribution in [1.29, 1.82) is 0 Å². The van der Waals surface area contributed by atoms with E-state index in [4.69, 9.17) is 15.2 Å². The van der Waals surface area contributed by atoms with Crippen LogP contribution in [0.4, 0.5) is 0 Å². The van der Waals surface area contributed by atoms with Crippen LogP contribution in [0.25, 0.3) is 0 Å². The zero-order valence-corrected chi connectivity index (χ0v) is 17.9. The summed E-state index contributed by atoms with van der Waals surface area (Å²) in [5.74, 6) is 1.28. The molecule has 1 saturated heterocycles. The van der Waals surface area contributed by atoms with Gasteiger partial charge in [-0.05, 0) is 31.2 Å². The zero-order chi connectivity index (χ0) is 16.5. The van der Waals surface area contributed by atoms with Gasteiger partial charge in [0.2, 0.25) is 0 Å². The lowest BCUT2D eigenvalue weighted by atomic mass is 10.2. The predicted octanol–water partition coefficient (Wildman–Crippen LogP) is 2.20. The molecule has 1 heterocycles. The van der Waals surface area contributed by atoms with Crippen LogP contribution in [-0.2, 0) is 11.3 Å². The van der Waals surface area contributed by atoms with Gasteiger partial charge in [0, 0.05) is 29.7 Å². The molecule has 2 rings (SSSR count). The van der Waals surface area contributed by atoms with E-state index in [1.54, 1.807) is 7.11 Å². The number of nitrogens with zero attached hydrogens (tertiary/aromatic N) is 2. The maximum atomic E-state index is 5.92. The van der Waals surface area contributed by atoms with Gasteiger partial charge in [-0.15, -0.1) is 24.0 Å². The van der Waals surface area contributed by atoms with Gasteiger partial charge >= 0.3 is 0 Å². The number of guanidine groups is 1. The molecular weight excluding hydrogens is 487 g/mol. The van der Waals surface area contributed by atoms with Crippen LogP contribution in [0.3, 0.4) is 0 Å². The fourth-order valence-corrected chi connectivity index (χ4v) is 2.85. The molecule has 24 heavy (non-hydrogen) atoms. The summed E-state index contributed by atoms with van der Waals surface area (Å²) < 4.78 is 11.7. The average molecular weight is 513 g/mol. The Kier molecular flexibility index (Phi) is 10.6. The first-order valence-corrected chi connectivity index (χ1v) is 8.64. The lowest BCUT2D eigenvalue weighted by Crippen LogP contribution is -2.39. The van der Waals surface area contributed by atoms with Crippen LogP contribution in [0.2, 0.25) is 0 Å². The summed E-state index contributed by atoms with van der Waals surface area (Å²) in [5.41, 5.74) is 6.92. The largest absolute Gasteiger partial charge is 0.496 e. The monoisotopic (exact) mass is 512 g/mol. The molecular formula is C16H26BrIN4O2. The maximum Gasteiger partial charge on any atom is 0.188 e. The molecule has 8 heteroatoms. The van der Waals surface area contributed by atoms with Crippen molar-refractivity contribution < 1.29 is 9.47 Å². The summed E-state index contributed by atoms with van der Waals surface area (Å²) in [6, 6.07) is 5.86. The molecule has 0 saturated carbocycles. The Labute approximate surface area is 169 Å². The zero-order valence-electron chi connectivity index (χ0n) is 14.0.